The number of nitrogens with zero attached hydrogens (tertiary/aromatic N) is 2. The normalized spacial score (nSPS) is 11.0. The van der Waals surface area contributed by atoms with Gasteiger partial charge >= 0.3 is 0 Å². The summed E-state index contributed by atoms with van der Waals surface area (Å²) in [6.07, 6.45) is 0. The van der Waals surface area contributed by atoms with E-state index in [0.717, 1.165) is 0 Å². The fourth-order valence-corrected chi connectivity index (χ4v) is 1.72. The molecule has 1 aliphatic rings. The lowest BCUT2D eigenvalue weighted by atomic mass is 10.1. The molecule has 4 heteroatoms. The smallest absolute Gasteiger partial charge is 0.171 e. The van der Waals surface area contributed by atoms with E-state index in [9.17, 15) is 0 Å². The van der Waals surface area contributed by atoms with Crippen molar-refractivity contribution in [2.24, 2.45) is 0 Å². The van der Waals surface area contributed by atoms with Crippen molar-refractivity contribution in [1.29, 1.82) is 10.5 Å². The molecule has 0 unspecified atom stereocenters. The third-order valence-corrected chi connectivity index (χ3v) is 2.59. The van der Waals surface area contributed by atoms with Crippen molar-refractivity contribution in [2.45, 2.75) is 0 Å². The molecular formula is C14H6N2O2. The molecule has 0 fully saturated rings. The summed E-state index contributed by atoms with van der Waals surface area (Å²) in [7, 11) is 0. The Morgan fingerprint density at radius 1 is 0.667 bits per heavy atom. The molecule has 0 saturated carbocycles. The Kier molecular flexibility index (Phi) is 2.15. The van der Waals surface area contributed by atoms with Gasteiger partial charge in [0.1, 0.15) is 0 Å². The number of nitriles is 2. The Labute approximate surface area is 103 Å². The Morgan fingerprint density at radius 3 is 1.50 bits per heavy atom. The molecule has 0 radical (unpaired) electrons. The molecule has 0 N–H and O–H groups in total. The summed E-state index contributed by atoms with van der Waals surface area (Å²) in [6.45, 7) is 0. The molecule has 0 amide bonds. The number of benzene rings is 2. The van der Waals surface area contributed by atoms with E-state index in [2.05, 4.69) is 0 Å². The molecule has 0 bridgehead atoms. The van der Waals surface area contributed by atoms with Crippen LogP contribution in [0.5, 0.6) is 23.0 Å². The van der Waals surface area contributed by atoms with Gasteiger partial charge in [0, 0.05) is 12.1 Å². The van der Waals surface area contributed by atoms with E-state index < -0.39 is 0 Å². The average molecular weight is 234 g/mol. The standard InChI is InChI=1S/C14H6N2O2/c15-7-9-1-3-11-13(5-9)18-12-4-2-10(8-16)6-14(12)17-11/h1-6H. The highest BCUT2D eigenvalue weighted by Crippen LogP contribution is 2.45. The SMILES string of the molecule is N#Cc1ccc2c(c1)Oc1ccc(C#N)cc1O2. The van der Waals surface area contributed by atoms with Crippen LogP contribution < -0.4 is 9.47 Å². The fourth-order valence-electron chi connectivity index (χ4n) is 1.72. The van der Waals surface area contributed by atoms with Crippen LogP contribution in [0, 0.1) is 22.7 Å². The van der Waals surface area contributed by atoms with Crippen molar-refractivity contribution in [3.05, 3.63) is 47.5 Å². The summed E-state index contributed by atoms with van der Waals surface area (Å²) in [5.41, 5.74) is 1.02. The van der Waals surface area contributed by atoms with E-state index in [4.69, 9.17) is 20.0 Å². The zero-order chi connectivity index (χ0) is 12.5. The van der Waals surface area contributed by atoms with Crippen LogP contribution in [0.25, 0.3) is 0 Å². The summed E-state index contributed by atoms with van der Waals surface area (Å²) in [5.74, 6) is 2.09. The van der Waals surface area contributed by atoms with E-state index in [1.54, 1.807) is 36.4 Å². The van der Waals surface area contributed by atoms with Crippen molar-refractivity contribution in [3.8, 4) is 35.1 Å². The van der Waals surface area contributed by atoms with Crippen molar-refractivity contribution >= 4 is 0 Å². The third kappa shape index (κ3) is 1.53. The van der Waals surface area contributed by atoms with Crippen LogP contribution in [0.4, 0.5) is 0 Å². The summed E-state index contributed by atoms with van der Waals surface area (Å²) in [6, 6.07) is 14.0. The number of hydrogen-bond acceptors (Lipinski definition) is 4. The molecule has 0 aliphatic carbocycles. The van der Waals surface area contributed by atoms with Gasteiger partial charge in [-0.15, -0.1) is 0 Å². The Morgan fingerprint density at radius 2 is 1.11 bits per heavy atom. The van der Waals surface area contributed by atoms with E-state index >= 15 is 0 Å². The van der Waals surface area contributed by atoms with Gasteiger partial charge in [0.2, 0.25) is 0 Å². The van der Waals surface area contributed by atoms with Crippen molar-refractivity contribution < 1.29 is 9.47 Å². The van der Waals surface area contributed by atoms with Gasteiger partial charge in [-0.2, -0.15) is 10.5 Å². The zero-order valence-electron chi connectivity index (χ0n) is 9.18. The fraction of sp³-hybridized carbons (Fsp3) is 0. The maximum atomic E-state index is 8.82. The molecular weight excluding hydrogens is 228 g/mol. The van der Waals surface area contributed by atoms with E-state index in [1.165, 1.54) is 0 Å². The van der Waals surface area contributed by atoms with Gasteiger partial charge in [0.05, 0.1) is 23.3 Å². The van der Waals surface area contributed by atoms with Crippen molar-refractivity contribution in [2.75, 3.05) is 0 Å². The van der Waals surface area contributed by atoms with Crippen LogP contribution in [-0.4, -0.2) is 0 Å². The zero-order valence-corrected chi connectivity index (χ0v) is 9.18. The highest BCUT2D eigenvalue weighted by atomic mass is 16.6. The highest BCUT2D eigenvalue weighted by Gasteiger charge is 2.19. The van der Waals surface area contributed by atoms with Gasteiger partial charge < -0.3 is 9.47 Å². The number of hydrogen-bond donors (Lipinski definition) is 0. The summed E-state index contributed by atoms with van der Waals surface area (Å²) < 4.78 is 11.3. The molecule has 2 aromatic carbocycles. The van der Waals surface area contributed by atoms with E-state index in [0.29, 0.717) is 34.1 Å². The Balaban J connectivity index is 2.07. The summed E-state index contributed by atoms with van der Waals surface area (Å²) in [5, 5.41) is 17.6. The largest absolute Gasteiger partial charge is 0.449 e. The second kappa shape index (κ2) is 3.80. The maximum Gasteiger partial charge on any atom is 0.171 e. The summed E-state index contributed by atoms with van der Waals surface area (Å²) >= 11 is 0. The van der Waals surface area contributed by atoms with E-state index in [-0.39, 0.29) is 0 Å². The molecule has 0 atom stereocenters. The molecule has 1 aliphatic heterocycles. The lowest BCUT2D eigenvalue weighted by molar-refractivity contribution is 0.359. The molecule has 0 spiro atoms. The first-order valence-electron chi connectivity index (χ1n) is 5.24. The first-order chi connectivity index (χ1) is 8.80. The van der Waals surface area contributed by atoms with Crippen LogP contribution in [0.2, 0.25) is 0 Å². The molecule has 0 saturated heterocycles. The minimum absolute atomic E-state index is 0.506. The van der Waals surface area contributed by atoms with Crippen LogP contribution in [0.15, 0.2) is 36.4 Å². The first kappa shape index (κ1) is 10.2. The Bertz CT molecular complexity index is 660. The molecule has 84 valence electrons. The molecule has 0 aromatic heterocycles. The van der Waals surface area contributed by atoms with Crippen LogP contribution >= 0.6 is 0 Å². The van der Waals surface area contributed by atoms with Gasteiger partial charge in [-0.25, -0.2) is 0 Å². The molecule has 1 heterocycles. The van der Waals surface area contributed by atoms with Gasteiger partial charge in [-0.3, -0.25) is 0 Å². The topological polar surface area (TPSA) is 66.0 Å². The quantitative estimate of drug-likeness (QED) is 0.598. The number of fused-ring (bicyclic) bond motifs is 2. The second-order valence-electron chi connectivity index (χ2n) is 3.75. The first-order valence-corrected chi connectivity index (χ1v) is 5.24. The molecule has 18 heavy (non-hydrogen) atoms. The molecule has 4 nitrogen and oxygen atoms in total. The van der Waals surface area contributed by atoms with E-state index in [1.807, 2.05) is 12.1 Å². The van der Waals surface area contributed by atoms with Gasteiger partial charge in [-0.1, -0.05) is 0 Å². The van der Waals surface area contributed by atoms with Crippen LogP contribution in [-0.2, 0) is 0 Å². The minimum Gasteiger partial charge on any atom is -0.449 e. The van der Waals surface area contributed by atoms with Gasteiger partial charge in [-0.05, 0) is 24.3 Å². The maximum absolute atomic E-state index is 8.82. The van der Waals surface area contributed by atoms with Gasteiger partial charge in [0.15, 0.2) is 23.0 Å². The predicted octanol–water partition coefficient (Wildman–Crippen LogP) is 3.33. The van der Waals surface area contributed by atoms with Crippen LogP contribution in [0.3, 0.4) is 0 Å². The monoisotopic (exact) mass is 234 g/mol. The lowest BCUT2D eigenvalue weighted by Crippen LogP contribution is -1.99. The summed E-state index contributed by atoms with van der Waals surface area (Å²) in [4.78, 5) is 0. The van der Waals surface area contributed by atoms with Crippen molar-refractivity contribution in [1.82, 2.24) is 0 Å². The number of ether oxygens (including phenoxy) is 2. The van der Waals surface area contributed by atoms with Crippen molar-refractivity contribution in [3.63, 3.8) is 0 Å². The highest BCUT2D eigenvalue weighted by molar-refractivity contribution is 5.58. The lowest BCUT2D eigenvalue weighted by Gasteiger charge is -2.20. The third-order valence-electron chi connectivity index (χ3n) is 2.59. The number of rotatable bonds is 0. The predicted molar refractivity (Wildman–Crippen MR) is 62.5 cm³/mol. The molecule has 2 aromatic rings. The Hall–Kier alpha value is -2.98. The van der Waals surface area contributed by atoms with Gasteiger partial charge in [0.25, 0.3) is 0 Å². The average Bonchev–Trinajstić information content (AvgIpc) is 2.43. The minimum atomic E-state index is 0.506. The van der Waals surface area contributed by atoms with Crippen LogP contribution in [0.1, 0.15) is 11.1 Å². The second-order valence-corrected chi connectivity index (χ2v) is 3.75. The molecule has 3 rings (SSSR count).